The lowest BCUT2D eigenvalue weighted by atomic mass is 10.2. The van der Waals surface area contributed by atoms with E-state index in [-0.39, 0.29) is 11.9 Å². The van der Waals surface area contributed by atoms with Crippen LogP contribution in [0.2, 0.25) is 0 Å². The lowest BCUT2D eigenvalue weighted by Gasteiger charge is -2.21. The summed E-state index contributed by atoms with van der Waals surface area (Å²) in [6.07, 6.45) is 2.27. The van der Waals surface area contributed by atoms with Crippen LogP contribution in [0.4, 0.5) is 0 Å². The summed E-state index contributed by atoms with van der Waals surface area (Å²) < 4.78 is 5.12. The second kappa shape index (κ2) is 6.57. The molecule has 1 unspecified atom stereocenters. The van der Waals surface area contributed by atoms with Crippen LogP contribution in [0.3, 0.4) is 0 Å². The second-order valence-electron chi connectivity index (χ2n) is 4.98. The first-order valence-corrected chi connectivity index (χ1v) is 6.86. The zero-order valence-electron chi connectivity index (χ0n) is 11.7. The zero-order valence-corrected chi connectivity index (χ0v) is 11.7. The van der Waals surface area contributed by atoms with Crippen molar-refractivity contribution in [2.24, 2.45) is 0 Å². The number of hydrogen-bond acceptors (Lipinski definition) is 3. The lowest BCUT2D eigenvalue weighted by molar-refractivity contribution is -0.131. The van der Waals surface area contributed by atoms with E-state index in [1.807, 2.05) is 36.1 Å². The van der Waals surface area contributed by atoms with Gasteiger partial charge in [0.15, 0.2) is 0 Å². The van der Waals surface area contributed by atoms with Crippen molar-refractivity contribution in [2.75, 3.05) is 20.2 Å². The van der Waals surface area contributed by atoms with E-state index in [1.54, 1.807) is 7.11 Å². The Morgan fingerprint density at radius 2 is 1.95 bits per heavy atom. The van der Waals surface area contributed by atoms with Crippen LogP contribution >= 0.6 is 0 Å². The summed E-state index contributed by atoms with van der Waals surface area (Å²) in [5.74, 6) is 1.07. The van der Waals surface area contributed by atoms with Crippen molar-refractivity contribution in [3.63, 3.8) is 0 Å². The summed E-state index contributed by atoms with van der Waals surface area (Å²) in [5, 5.41) is 3.28. The summed E-state index contributed by atoms with van der Waals surface area (Å²) in [6, 6.07) is 7.77. The fourth-order valence-corrected chi connectivity index (χ4v) is 2.31. The maximum absolute atomic E-state index is 12.1. The summed E-state index contributed by atoms with van der Waals surface area (Å²) in [4.78, 5) is 14.1. The van der Waals surface area contributed by atoms with E-state index < -0.39 is 0 Å². The van der Waals surface area contributed by atoms with Crippen molar-refractivity contribution in [2.45, 2.75) is 32.4 Å². The third kappa shape index (κ3) is 3.70. The van der Waals surface area contributed by atoms with Crippen molar-refractivity contribution < 1.29 is 9.53 Å². The predicted molar refractivity (Wildman–Crippen MR) is 75.1 cm³/mol. The first kappa shape index (κ1) is 13.9. The topological polar surface area (TPSA) is 41.6 Å². The van der Waals surface area contributed by atoms with Crippen LogP contribution in [-0.2, 0) is 11.3 Å². The number of nitrogens with one attached hydrogen (secondary N) is 1. The van der Waals surface area contributed by atoms with Crippen LogP contribution in [-0.4, -0.2) is 37.0 Å². The minimum absolute atomic E-state index is 0.125. The summed E-state index contributed by atoms with van der Waals surface area (Å²) >= 11 is 0. The third-order valence-electron chi connectivity index (χ3n) is 3.56. The predicted octanol–water partition coefficient (Wildman–Crippen LogP) is 1.80. The molecule has 0 spiro atoms. The number of hydrogen-bond donors (Lipinski definition) is 1. The highest BCUT2D eigenvalue weighted by atomic mass is 16.5. The zero-order chi connectivity index (χ0) is 13.7. The Morgan fingerprint density at radius 1 is 1.32 bits per heavy atom. The molecule has 0 saturated carbocycles. The minimum Gasteiger partial charge on any atom is -0.497 e. The van der Waals surface area contributed by atoms with Gasteiger partial charge in [0.1, 0.15) is 5.75 Å². The molecular weight excluding hydrogens is 240 g/mol. The van der Waals surface area contributed by atoms with Gasteiger partial charge in [0.2, 0.25) is 5.91 Å². The van der Waals surface area contributed by atoms with Gasteiger partial charge in [-0.2, -0.15) is 0 Å². The number of likely N-dealkylation sites (tertiary alicyclic amines) is 1. The molecule has 1 saturated heterocycles. The van der Waals surface area contributed by atoms with E-state index in [0.717, 1.165) is 37.2 Å². The molecule has 4 heteroatoms. The Balaban J connectivity index is 1.81. The number of nitrogens with zero attached hydrogens (tertiary/aromatic N) is 1. The van der Waals surface area contributed by atoms with E-state index >= 15 is 0 Å². The SMILES string of the molecule is COc1ccc(CNC(C)C(=O)N2CCCC2)cc1. The van der Waals surface area contributed by atoms with Crippen molar-refractivity contribution in [1.82, 2.24) is 10.2 Å². The van der Waals surface area contributed by atoms with E-state index in [0.29, 0.717) is 6.54 Å². The molecule has 1 heterocycles. The quantitative estimate of drug-likeness (QED) is 0.879. The van der Waals surface area contributed by atoms with Crippen molar-refractivity contribution >= 4 is 5.91 Å². The maximum atomic E-state index is 12.1. The molecule has 0 aliphatic carbocycles. The smallest absolute Gasteiger partial charge is 0.239 e. The number of carbonyl (C=O) groups is 1. The van der Waals surface area contributed by atoms with Gasteiger partial charge < -0.3 is 15.0 Å². The van der Waals surface area contributed by atoms with E-state index in [9.17, 15) is 4.79 Å². The van der Waals surface area contributed by atoms with Gasteiger partial charge in [-0.25, -0.2) is 0 Å². The van der Waals surface area contributed by atoms with Gasteiger partial charge in [0, 0.05) is 19.6 Å². The monoisotopic (exact) mass is 262 g/mol. The van der Waals surface area contributed by atoms with Gasteiger partial charge >= 0.3 is 0 Å². The van der Waals surface area contributed by atoms with Crippen molar-refractivity contribution in [3.05, 3.63) is 29.8 Å². The molecule has 1 aliphatic heterocycles. The largest absolute Gasteiger partial charge is 0.497 e. The van der Waals surface area contributed by atoms with Crippen LogP contribution in [0.15, 0.2) is 24.3 Å². The molecule has 4 nitrogen and oxygen atoms in total. The molecule has 0 bridgehead atoms. The van der Waals surface area contributed by atoms with Gasteiger partial charge in [-0.3, -0.25) is 4.79 Å². The second-order valence-corrected chi connectivity index (χ2v) is 4.98. The first-order valence-electron chi connectivity index (χ1n) is 6.86. The van der Waals surface area contributed by atoms with E-state index in [1.165, 1.54) is 0 Å². The first-order chi connectivity index (χ1) is 9.20. The molecule has 1 N–H and O–H groups in total. The number of carbonyl (C=O) groups excluding carboxylic acids is 1. The normalized spacial score (nSPS) is 16.4. The Labute approximate surface area is 114 Å². The van der Waals surface area contributed by atoms with Gasteiger partial charge in [-0.05, 0) is 37.5 Å². The Bertz CT molecular complexity index is 411. The van der Waals surface area contributed by atoms with Gasteiger partial charge in [0.05, 0.1) is 13.2 Å². The number of rotatable bonds is 5. The standard InChI is InChI=1S/C15H22N2O2/c1-12(15(18)17-9-3-4-10-17)16-11-13-5-7-14(19-2)8-6-13/h5-8,12,16H,3-4,9-11H2,1-2H3. The molecule has 1 amide bonds. The molecular formula is C15H22N2O2. The fraction of sp³-hybridized carbons (Fsp3) is 0.533. The van der Waals surface area contributed by atoms with E-state index in [4.69, 9.17) is 4.74 Å². The number of ether oxygens (including phenoxy) is 1. The Hall–Kier alpha value is -1.55. The van der Waals surface area contributed by atoms with E-state index in [2.05, 4.69) is 5.32 Å². The maximum Gasteiger partial charge on any atom is 0.239 e. The van der Waals surface area contributed by atoms with Gasteiger partial charge in [0.25, 0.3) is 0 Å². The molecule has 1 aromatic carbocycles. The average molecular weight is 262 g/mol. The number of methoxy groups -OCH3 is 1. The van der Waals surface area contributed by atoms with Gasteiger partial charge in [-0.15, -0.1) is 0 Å². The summed E-state index contributed by atoms with van der Waals surface area (Å²) in [5.41, 5.74) is 1.15. The van der Waals surface area contributed by atoms with Crippen LogP contribution in [0.25, 0.3) is 0 Å². The molecule has 19 heavy (non-hydrogen) atoms. The summed E-state index contributed by atoms with van der Waals surface area (Å²) in [6.45, 7) is 4.45. The fourth-order valence-electron chi connectivity index (χ4n) is 2.31. The average Bonchev–Trinajstić information content (AvgIpc) is 2.98. The molecule has 1 atom stereocenters. The van der Waals surface area contributed by atoms with Gasteiger partial charge in [-0.1, -0.05) is 12.1 Å². The van der Waals surface area contributed by atoms with Crippen LogP contribution in [0.1, 0.15) is 25.3 Å². The summed E-state index contributed by atoms with van der Waals surface area (Å²) in [7, 11) is 1.66. The molecule has 1 fully saturated rings. The molecule has 1 aliphatic rings. The third-order valence-corrected chi connectivity index (χ3v) is 3.56. The van der Waals surface area contributed by atoms with Crippen LogP contribution < -0.4 is 10.1 Å². The highest BCUT2D eigenvalue weighted by molar-refractivity contribution is 5.81. The van der Waals surface area contributed by atoms with Crippen molar-refractivity contribution in [1.29, 1.82) is 0 Å². The molecule has 2 rings (SSSR count). The number of amides is 1. The van der Waals surface area contributed by atoms with Crippen LogP contribution in [0, 0.1) is 0 Å². The highest BCUT2D eigenvalue weighted by Crippen LogP contribution is 2.12. The van der Waals surface area contributed by atoms with Crippen LogP contribution in [0.5, 0.6) is 5.75 Å². The molecule has 104 valence electrons. The van der Waals surface area contributed by atoms with Crippen molar-refractivity contribution in [3.8, 4) is 5.75 Å². The Kier molecular flexibility index (Phi) is 4.80. The lowest BCUT2D eigenvalue weighted by Crippen LogP contribution is -2.43. The molecule has 0 aromatic heterocycles. The molecule has 1 aromatic rings. The number of benzene rings is 1. The minimum atomic E-state index is -0.125. The highest BCUT2D eigenvalue weighted by Gasteiger charge is 2.22. The molecule has 0 radical (unpaired) electrons. The Morgan fingerprint density at radius 3 is 2.53 bits per heavy atom.